The van der Waals surface area contributed by atoms with Crippen molar-refractivity contribution in [1.29, 1.82) is 0 Å². The average molecular weight is 465 g/mol. The Morgan fingerprint density at radius 2 is 1.81 bits per heavy atom. The van der Waals surface area contributed by atoms with Crippen LogP contribution >= 0.6 is 11.6 Å². The fraction of sp³-hybridized carbons (Fsp3) is 0.409. The van der Waals surface area contributed by atoms with Crippen LogP contribution in [0.2, 0.25) is 5.02 Å². The third-order valence-electron chi connectivity index (χ3n) is 5.68. The predicted molar refractivity (Wildman–Crippen MR) is 117 cm³/mol. The largest absolute Gasteiger partial charge is 0.486 e. The van der Waals surface area contributed by atoms with Crippen molar-refractivity contribution >= 4 is 27.5 Å². The number of sulfonamides is 1. The van der Waals surface area contributed by atoms with E-state index in [9.17, 15) is 13.2 Å². The lowest BCUT2D eigenvalue weighted by molar-refractivity contribution is -0.126. The molecule has 9 heteroatoms. The second kappa shape index (κ2) is 9.06. The highest BCUT2D eigenvalue weighted by atomic mass is 35.5. The zero-order chi connectivity index (χ0) is 22.0. The lowest BCUT2D eigenvalue weighted by Gasteiger charge is -2.31. The fourth-order valence-corrected chi connectivity index (χ4v) is 5.57. The van der Waals surface area contributed by atoms with Crippen molar-refractivity contribution in [2.45, 2.75) is 30.7 Å². The van der Waals surface area contributed by atoms with Crippen LogP contribution in [0.25, 0.3) is 0 Å². The molecule has 1 N–H and O–H groups in total. The number of halogens is 1. The third kappa shape index (κ3) is 4.81. The van der Waals surface area contributed by atoms with E-state index in [2.05, 4.69) is 5.32 Å². The van der Waals surface area contributed by atoms with Gasteiger partial charge in [-0.15, -0.1) is 0 Å². The molecule has 2 heterocycles. The van der Waals surface area contributed by atoms with Gasteiger partial charge in [-0.2, -0.15) is 4.31 Å². The van der Waals surface area contributed by atoms with Gasteiger partial charge in [0.05, 0.1) is 10.9 Å². The van der Waals surface area contributed by atoms with Crippen molar-refractivity contribution in [2.24, 2.45) is 5.92 Å². The summed E-state index contributed by atoms with van der Waals surface area (Å²) in [5.74, 6) is 0.697. The summed E-state index contributed by atoms with van der Waals surface area (Å²) in [4.78, 5) is 12.9. The minimum absolute atomic E-state index is 0.0659. The first-order valence-electron chi connectivity index (χ1n) is 10.3. The number of fused-ring (bicyclic) bond motifs is 1. The smallest absolute Gasteiger partial charge is 0.243 e. The molecule has 1 fully saturated rings. The second-order valence-corrected chi connectivity index (χ2v) is 10.1. The van der Waals surface area contributed by atoms with Gasteiger partial charge >= 0.3 is 0 Å². The Labute approximate surface area is 187 Å². The Balaban J connectivity index is 1.37. The van der Waals surface area contributed by atoms with Crippen molar-refractivity contribution in [3.63, 3.8) is 0 Å². The molecule has 4 rings (SSSR count). The third-order valence-corrected chi connectivity index (χ3v) is 7.81. The first-order valence-corrected chi connectivity index (χ1v) is 12.1. The molecule has 0 aliphatic carbocycles. The molecule has 2 aromatic rings. The van der Waals surface area contributed by atoms with Crippen LogP contribution in [0.4, 0.5) is 0 Å². The van der Waals surface area contributed by atoms with Crippen LogP contribution in [-0.4, -0.2) is 44.9 Å². The van der Waals surface area contributed by atoms with Crippen molar-refractivity contribution in [2.75, 3.05) is 26.3 Å². The SMILES string of the molecule is CC(NC(=O)C1CCN(S(=O)(=O)c2ccc3c(c2)OCCO3)CC1)c1cccc(Cl)c1. The van der Waals surface area contributed by atoms with Gasteiger partial charge in [0.15, 0.2) is 11.5 Å². The number of nitrogens with one attached hydrogen (secondary N) is 1. The Bertz CT molecular complexity index is 1070. The van der Waals surface area contributed by atoms with Gasteiger partial charge in [0, 0.05) is 30.1 Å². The van der Waals surface area contributed by atoms with Crippen LogP contribution in [0.1, 0.15) is 31.4 Å². The number of carbonyl (C=O) groups is 1. The lowest BCUT2D eigenvalue weighted by Crippen LogP contribution is -2.43. The van der Waals surface area contributed by atoms with Gasteiger partial charge in [-0.05, 0) is 49.6 Å². The van der Waals surface area contributed by atoms with E-state index in [1.807, 2.05) is 25.1 Å². The van der Waals surface area contributed by atoms with Gasteiger partial charge in [-0.1, -0.05) is 23.7 Å². The molecule has 1 unspecified atom stereocenters. The van der Waals surface area contributed by atoms with E-state index >= 15 is 0 Å². The number of piperidine rings is 1. The Hall–Kier alpha value is -2.29. The minimum atomic E-state index is -3.66. The fourth-order valence-electron chi connectivity index (χ4n) is 3.88. The zero-order valence-electron chi connectivity index (χ0n) is 17.2. The molecule has 1 amide bonds. The van der Waals surface area contributed by atoms with Crippen LogP contribution < -0.4 is 14.8 Å². The average Bonchev–Trinajstić information content (AvgIpc) is 2.78. The molecule has 0 aromatic heterocycles. The molecule has 0 bridgehead atoms. The molecular weight excluding hydrogens is 440 g/mol. The highest BCUT2D eigenvalue weighted by molar-refractivity contribution is 7.89. The predicted octanol–water partition coefficient (Wildman–Crippen LogP) is 3.39. The molecule has 7 nitrogen and oxygen atoms in total. The van der Waals surface area contributed by atoms with Gasteiger partial charge in [0.2, 0.25) is 15.9 Å². The molecular formula is C22H25ClN2O5S. The number of hydrogen-bond donors (Lipinski definition) is 1. The highest BCUT2D eigenvalue weighted by Crippen LogP contribution is 2.34. The van der Waals surface area contributed by atoms with Crippen LogP contribution in [0.15, 0.2) is 47.4 Å². The van der Waals surface area contributed by atoms with Crippen molar-refractivity contribution < 1.29 is 22.7 Å². The first-order chi connectivity index (χ1) is 14.8. The van der Waals surface area contributed by atoms with E-state index in [0.29, 0.717) is 55.7 Å². The summed E-state index contributed by atoms with van der Waals surface area (Å²) in [5, 5.41) is 3.64. The minimum Gasteiger partial charge on any atom is -0.486 e. The molecule has 2 aliphatic heterocycles. The molecule has 0 saturated carbocycles. The summed E-state index contributed by atoms with van der Waals surface area (Å²) in [6.45, 7) is 3.33. The van der Waals surface area contributed by atoms with Gasteiger partial charge in [-0.25, -0.2) is 8.42 Å². The number of amides is 1. The van der Waals surface area contributed by atoms with Gasteiger partial charge in [-0.3, -0.25) is 4.79 Å². The van der Waals surface area contributed by atoms with Gasteiger partial charge < -0.3 is 14.8 Å². The summed E-state index contributed by atoms with van der Waals surface area (Å²) < 4.78 is 38.5. The van der Waals surface area contributed by atoms with Crippen molar-refractivity contribution in [3.05, 3.63) is 53.1 Å². The standard InChI is InChI=1S/C22H25ClN2O5S/c1-15(17-3-2-4-18(23)13-17)24-22(26)16-7-9-25(10-8-16)31(27,28)19-5-6-20-21(14-19)30-12-11-29-20/h2-6,13-16H,7-12H2,1H3,(H,24,26). The number of benzene rings is 2. The van der Waals surface area contributed by atoms with Gasteiger partial charge in [0.25, 0.3) is 0 Å². The van der Waals surface area contributed by atoms with E-state index in [-0.39, 0.29) is 22.8 Å². The van der Waals surface area contributed by atoms with E-state index in [4.69, 9.17) is 21.1 Å². The van der Waals surface area contributed by atoms with Crippen LogP contribution in [-0.2, 0) is 14.8 Å². The maximum atomic E-state index is 13.1. The molecule has 1 saturated heterocycles. The Morgan fingerprint density at radius 3 is 2.52 bits per heavy atom. The maximum absolute atomic E-state index is 13.1. The number of ether oxygens (including phenoxy) is 2. The summed E-state index contributed by atoms with van der Waals surface area (Å²) in [6, 6.07) is 11.9. The normalized spacial score (nSPS) is 18.4. The molecule has 166 valence electrons. The zero-order valence-corrected chi connectivity index (χ0v) is 18.8. The summed E-state index contributed by atoms with van der Waals surface area (Å²) in [7, 11) is -3.66. The Morgan fingerprint density at radius 1 is 1.10 bits per heavy atom. The number of hydrogen-bond acceptors (Lipinski definition) is 5. The second-order valence-electron chi connectivity index (χ2n) is 7.77. The number of nitrogens with zero attached hydrogens (tertiary/aromatic N) is 1. The van der Waals surface area contributed by atoms with Gasteiger partial charge in [0.1, 0.15) is 13.2 Å². The maximum Gasteiger partial charge on any atom is 0.243 e. The van der Waals surface area contributed by atoms with Crippen molar-refractivity contribution in [1.82, 2.24) is 9.62 Å². The number of carbonyl (C=O) groups excluding carboxylic acids is 1. The summed E-state index contributed by atoms with van der Waals surface area (Å²) in [6.07, 6.45) is 0.940. The molecule has 2 aromatic carbocycles. The number of rotatable bonds is 5. The summed E-state index contributed by atoms with van der Waals surface area (Å²) in [5.41, 5.74) is 0.930. The molecule has 0 spiro atoms. The van der Waals surface area contributed by atoms with E-state index in [1.165, 1.54) is 16.4 Å². The van der Waals surface area contributed by atoms with E-state index < -0.39 is 10.0 Å². The van der Waals surface area contributed by atoms with Crippen molar-refractivity contribution in [3.8, 4) is 11.5 Å². The quantitative estimate of drug-likeness (QED) is 0.733. The lowest BCUT2D eigenvalue weighted by atomic mass is 9.96. The molecule has 0 radical (unpaired) electrons. The highest BCUT2D eigenvalue weighted by Gasteiger charge is 2.33. The van der Waals surface area contributed by atoms with Crippen LogP contribution in [0, 0.1) is 5.92 Å². The van der Waals surface area contributed by atoms with E-state index in [0.717, 1.165) is 5.56 Å². The Kier molecular flexibility index (Phi) is 6.41. The molecule has 2 aliphatic rings. The van der Waals surface area contributed by atoms with Crippen LogP contribution in [0.3, 0.4) is 0 Å². The first kappa shape index (κ1) is 21.9. The molecule has 31 heavy (non-hydrogen) atoms. The summed E-state index contributed by atoms with van der Waals surface area (Å²) >= 11 is 6.03. The van der Waals surface area contributed by atoms with E-state index in [1.54, 1.807) is 12.1 Å². The topological polar surface area (TPSA) is 84.9 Å². The van der Waals surface area contributed by atoms with Crippen LogP contribution in [0.5, 0.6) is 11.5 Å². The molecule has 1 atom stereocenters. The monoisotopic (exact) mass is 464 g/mol.